The van der Waals surface area contributed by atoms with Gasteiger partial charge in [0.15, 0.2) is 56.6 Å². The molecule has 9 heterocycles. The van der Waals surface area contributed by atoms with Crippen molar-refractivity contribution in [1.29, 1.82) is 0 Å². The molecule has 9 saturated heterocycles. The van der Waals surface area contributed by atoms with Crippen LogP contribution in [-0.2, 0) is 104 Å². The summed E-state index contributed by atoms with van der Waals surface area (Å²) in [5.41, 5.74) is 0. The lowest BCUT2D eigenvalue weighted by Gasteiger charge is -2.52. The molecule has 0 spiro atoms. The number of carbonyl (C=O) groups excluding carboxylic acids is 4. The summed E-state index contributed by atoms with van der Waals surface area (Å²) in [7, 11) is 0. The molecular formula is C64H108N4O47. The van der Waals surface area contributed by atoms with Crippen LogP contribution in [0.4, 0.5) is 0 Å². The highest BCUT2D eigenvalue weighted by molar-refractivity contribution is 5.74. The molecule has 0 aliphatic carbocycles. The molecule has 51 nitrogen and oxygen atoms in total. The second-order valence-electron chi connectivity index (χ2n) is 28.8. The van der Waals surface area contributed by atoms with Crippen LogP contribution in [0.5, 0.6) is 0 Å². The van der Waals surface area contributed by atoms with Gasteiger partial charge in [-0.25, -0.2) is 0 Å². The number of hydrogen-bond donors (Lipinski definition) is 29. The molecule has 666 valence electrons. The molecule has 0 radical (unpaired) electrons. The summed E-state index contributed by atoms with van der Waals surface area (Å²) in [6.07, 6.45) is -85.2. The summed E-state index contributed by atoms with van der Waals surface area (Å²) in [4.78, 5) is 50.3. The standard InChI is InChI=1S/C64H108N4O47/c1-16-32(82)39(89)42(92)60(99-16)112-52-31(68-19(4)81)58(106-28(13-77)51(52)111-64-47(97)54(35(85)24(9-73)103-64)114-56-29(66-17(2)79)37(87)48(25(10-74)104-56)108-61-43(93)40(90)33(83)21(6-70)100-61)115-55-36(86)23(8-72)101-62(46(55)96)109-49-26(11-75)105-57(30(38(49)88)67-18(3)80)113-53-34(84)22(7-71)102-63(45(53)95)110-50-27(12-76)107-59(44(94)41(50)91)98-14-20(5-69)65-15-78/h15-16,20-64,69-77,82-97H,5-14H2,1-4H3,(H,65,78)(H,66,79)(H,67,80)(H,68,81)/t16-,20+,21+,22+,23+,24+,25+,26+,27+,28+,29+,30+,31+,32+,33-,34-,35-,36-,37+,38+,39+,40-,41+,42-,43+,44+,45+,46+,47+,48+,49+,50+,51+,52+,53-,54-,55-,56-,57-,58-,59+,60-,61-,62-,63-,64-/m0/s1. The largest absolute Gasteiger partial charge is 0.394 e. The Morgan fingerprint density at radius 2 is 0.574 bits per heavy atom. The predicted molar refractivity (Wildman–Crippen MR) is 354 cm³/mol. The highest BCUT2D eigenvalue weighted by Gasteiger charge is 2.62. The Hall–Kier alpha value is -3.84. The van der Waals surface area contributed by atoms with Crippen molar-refractivity contribution in [2.24, 2.45) is 0 Å². The van der Waals surface area contributed by atoms with E-state index in [4.69, 9.17) is 85.3 Å². The first-order chi connectivity index (χ1) is 54.6. The van der Waals surface area contributed by atoms with E-state index in [-0.39, 0.29) is 6.41 Å². The lowest BCUT2D eigenvalue weighted by atomic mass is 9.93. The number of amides is 4. The van der Waals surface area contributed by atoms with Gasteiger partial charge in [-0.15, -0.1) is 0 Å². The highest BCUT2D eigenvalue weighted by Crippen LogP contribution is 2.41. The number of aliphatic hydroxyl groups is 25. The molecule has 51 heteroatoms. The Labute approximate surface area is 651 Å². The van der Waals surface area contributed by atoms with Gasteiger partial charge in [-0.05, 0) is 6.92 Å². The predicted octanol–water partition coefficient (Wildman–Crippen LogP) is -20.0. The zero-order valence-electron chi connectivity index (χ0n) is 61.9. The quantitative estimate of drug-likeness (QED) is 0.0271. The molecule has 9 aliphatic rings. The maximum atomic E-state index is 13.5. The molecule has 9 rings (SSSR count). The molecule has 4 amide bonds. The van der Waals surface area contributed by atoms with Crippen molar-refractivity contribution in [2.75, 3.05) is 66.1 Å². The van der Waals surface area contributed by atoms with E-state index in [2.05, 4.69) is 21.3 Å². The highest BCUT2D eigenvalue weighted by atomic mass is 16.8. The Morgan fingerprint density at radius 1 is 0.296 bits per heavy atom. The Balaban J connectivity index is 0.964. The molecule has 0 unspecified atom stereocenters. The number of ether oxygens (including phenoxy) is 18. The van der Waals surface area contributed by atoms with Crippen molar-refractivity contribution >= 4 is 24.1 Å². The zero-order chi connectivity index (χ0) is 84.6. The van der Waals surface area contributed by atoms with Gasteiger partial charge in [0.2, 0.25) is 24.1 Å². The molecule has 9 aliphatic heterocycles. The van der Waals surface area contributed by atoms with Crippen molar-refractivity contribution in [3.8, 4) is 0 Å². The van der Waals surface area contributed by atoms with Crippen molar-refractivity contribution in [1.82, 2.24) is 21.3 Å². The number of carbonyl (C=O) groups is 4. The SMILES string of the molecule is CC(=O)N[C@H]1[C@H](O[C@H]2[C@@H](O)[C@@H](CO)O[C@@H](O[C@H]3[C@H](O[C@@H]4O[C@@H](C)[C@@H](O)[C@@H](O)[C@@H]4O)[C@@H](NC(C)=O)[C@H](O[C@H]4[C@@H](O)[C@@H](CO)O[C@@H](O[C@H]5[C@H](O)[C@@H](NC(C)=O)[C@H](O[C@H]6[C@@H](O)[C@@H](CO)O[C@@H](O[C@H]7[C@H](O)[C@@H](O)[C@H](OC[C@@H](CO)NC=O)O[C@@H]7CO)[C@@H]6O)O[C@@H]5CO)[C@@H]4O)O[C@@H]3CO)[C@@H]2O)O[C@H](CO)[C@@H](O[C@@H]2O[C@H](CO)[C@H](O)[C@H](O)[C@H]2O)[C@@H]1O. The van der Waals surface area contributed by atoms with Gasteiger partial charge >= 0.3 is 0 Å². The van der Waals surface area contributed by atoms with Crippen LogP contribution in [0.15, 0.2) is 0 Å². The third-order valence-electron chi connectivity index (χ3n) is 20.9. The molecule has 0 aromatic heterocycles. The van der Waals surface area contributed by atoms with E-state index >= 15 is 0 Å². The van der Waals surface area contributed by atoms with Gasteiger partial charge in [-0.2, -0.15) is 0 Å². The van der Waals surface area contributed by atoms with E-state index in [0.29, 0.717) is 0 Å². The summed E-state index contributed by atoms with van der Waals surface area (Å²) in [5.74, 6) is -2.87. The summed E-state index contributed by atoms with van der Waals surface area (Å²) in [6, 6.07) is -6.87. The van der Waals surface area contributed by atoms with Crippen LogP contribution >= 0.6 is 0 Å². The second kappa shape index (κ2) is 42.3. The summed E-state index contributed by atoms with van der Waals surface area (Å²) < 4.78 is 106. The topological polar surface area (TPSA) is 788 Å². The number of aliphatic hydroxyl groups excluding tert-OH is 25. The van der Waals surface area contributed by atoms with Gasteiger partial charge in [0.1, 0.15) is 213 Å². The average molecular weight is 1690 g/mol. The van der Waals surface area contributed by atoms with Gasteiger partial charge in [0.25, 0.3) is 0 Å². The minimum Gasteiger partial charge on any atom is -0.394 e. The zero-order valence-corrected chi connectivity index (χ0v) is 61.9. The fourth-order valence-corrected chi connectivity index (χ4v) is 14.7. The molecule has 115 heavy (non-hydrogen) atoms. The molecule has 9 fully saturated rings. The van der Waals surface area contributed by atoms with Gasteiger partial charge < -0.3 is 234 Å². The van der Waals surface area contributed by atoms with Crippen LogP contribution in [0, 0.1) is 0 Å². The average Bonchev–Trinajstić information content (AvgIpc) is 0.763. The van der Waals surface area contributed by atoms with Crippen molar-refractivity contribution in [3.63, 3.8) is 0 Å². The summed E-state index contributed by atoms with van der Waals surface area (Å²) in [6.45, 7) is -5.89. The molecule has 0 saturated carbocycles. The minimum atomic E-state index is -2.44. The minimum absolute atomic E-state index is 0.253. The third kappa shape index (κ3) is 21.3. The molecular weight excluding hydrogens is 1580 g/mol. The maximum Gasteiger partial charge on any atom is 0.217 e. The fraction of sp³-hybridized carbons (Fsp3) is 0.938. The van der Waals surface area contributed by atoms with Crippen LogP contribution in [-0.4, -0.2) is 500 Å². The molecule has 0 aromatic carbocycles. The van der Waals surface area contributed by atoms with Gasteiger partial charge in [0, 0.05) is 20.8 Å². The van der Waals surface area contributed by atoms with E-state index < -0.39 is 366 Å². The lowest BCUT2D eigenvalue weighted by Crippen LogP contribution is -2.72. The lowest BCUT2D eigenvalue weighted by molar-refractivity contribution is -0.397. The van der Waals surface area contributed by atoms with Crippen molar-refractivity contribution < 1.29 is 232 Å². The molecule has 0 bridgehead atoms. The van der Waals surface area contributed by atoms with Gasteiger partial charge in [-0.1, -0.05) is 0 Å². The summed E-state index contributed by atoms with van der Waals surface area (Å²) >= 11 is 0. The van der Waals surface area contributed by atoms with Crippen LogP contribution < -0.4 is 21.3 Å². The van der Waals surface area contributed by atoms with Crippen LogP contribution in [0.3, 0.4) is 0 Å². The van der Waals surface area contributed by atoms with Gasteiger partial charge in [0.05, 0.1) is 78.2 Å². The number of nitrogens with one attached hydrogen (secondary N) is 4. The molecule has 29 N–H and O–H groups in total. The molecule has 0 aromatic rings. The van der Waals surface area contributed by atoms with E-state index in [1.165, 1.54) is 6.92 Å². The number of hydrogen-bond acceptors (Lipinski definition) is 47. The Morgan fingerprint density at radius 3 is 0.939 bits per heavy atom. The van der Waals surface area contributed by atoms with E-state index in [1.807, 2.05) is 0 Å². The smallest absolute Gasteiger partial charge is 0.217 e. The first kappa shape index (κ1) is 95.0. The van der Waals surface area contributed by atoms with Gasteiger partial charge in [-0.3, -0.25) is 19.2 Å². The van der Waals surface area contributed by atoms with Crippen LogP contribution in [0.25, 0.3) is 0 Å². The van der Waals surface area contributed by atoms with Crippen LogP contribution in [0.1, 0.15) is 27.7 Å². The van der Waals surface area contributed by atoms with E-state index in [9.17, 15) is 147 Å². The Bertz CT molecular complexity index is 3010. The van der Waals surface area contributed by atoms with E-state index in [0.717, 1.165) is 20.8 Å². The maximum absolute atomic E-state index is 13.5. The monoisotopic (exact) mass is 1680 g/mol. The first-order valence-corrected chi connectivity index (χ1v) is 36.7. The van der Waals surface area contributed by atoms with E-state index in [1.54, 1.807) is 0 Å². The number of rotatable bonds is 33. The molecule has 46 atom stereocenters. The van der Waals surface area contributed by atoms with Crippen LogP contribution in [0.2, 0.25) is 0 Å². The normalized spacial score (nSPS) is 48.2. The first-order valence-electron chi connectivity index (χ1n) is 36.7. The fourth-order valence-electron chi connectivity index (χ4n) is 14.7. The van der Waals surface area contributed by atoms with Crippen molar-refractivity contribution in [2.45, 2.75) is 310 Å². The second-order valence-corrected chi connectivity index (χ2v) is 28.8. The summed E-state index contributed by atoms with van der Waals surface area (Å²) in [5, 5.41) is 287. The Kier molecular flexibility index (Phi) is 34.9. The van der Waals surface area contributed by atoms with Crippen molar-refractivity contribution in [3.05, 3.63) is 0 Å². The third-order valence-corrected chi connectivity index (χ3v) is 20.9.